The van der Waals surface area contributed by atoms with Crippen molar-refractivity contribution < 1.29 is 38.7 Å². The van der Waals surface area contributed by atoms with Crippen LogP contribution in [0.5, 0.6) is 23.0 Å². The van der Waals surface area contributed by atoms with E-state index in [1.807, 2.05) is 62.4 Å². The topological polar surface area (TPSA) is 244 Å². The quantitative estimate of drug-likeness (QED) is 0.0541. The number of carboxylic acids is 2. The van der Waals surface area contributed by atoms with Crippen LogP contribution in [0.3, 0.4) is 0 Å². The summed E-state index contributed by atoms with van der Waals surface area (Å²) in [6.07, 6.45) is 6.10. The van der Waals surface area contributed by atoms with Crippen molar-refractivity contribution >= 4 is 35.1 Å². The summed E-state index contributed by atoms with van der Waals surface area (Å²) in [5.41, 5.74) is 8.75. The minimum absolute atomic E-state index is 0.0177. The standard InChI is InChI=1S/C53H45Cl2N7O8/c1-32-40(30-69-50-19-48(67-28-36-15-34(21-58)23-60-25-36)39(17-45(50)54)10-9-38(11-13-56)52(63)64)5-3-7-43(32)44-8-4-6-41(33(44)2)31-70-51-20-49(68-29-37-16-35(22-59)24-61-26-37)42(18-46(51)55)27-62-47(12-14-57)53(65)66/h3-8,15-20,23-26,38,47,62H,9-12,27-31H2,1-2H3,(H,63,64)(H,65,66)/t38-,47-/m0/s1. The van der Waals surface area contributed by atoms with Crippen LogP contribution in [0.2, 0.25) is 10.0 Å². The fraction of sp³-hybridized carbons (Fsp3) is 0.245. The Morgan fingerprint density at radius 2 is 1.10 bits per heavy atom. The molecule has 2 heterocycles. The third-order valence-electron chi connectivity index (χ3n) is 11.4. The molecule has 0 aliphatic rings. The van der Waals surface area contributed by atoms with E-state index in [0.29, 0.717) is 56.4 Å². The summed E-state index contributed by atoms with van der Waals surface area (Å²) >= 11 is 13.6. The number of benzene rings is 4. The predicted octanol–water partition coefficient (Wildman–Crippen LogP) is 10.1. The molecule has 0 saturated heterocycles. The zero-order chi connectivity index (χ0) is 50.2. The van der Waals surface area contributed by atoms with E-state index in [0.717, 1.165) is 33.4 Å². The van der Waals surface area contributed by atoms with Crippen LogP contribution in [0.1, 0.15) is 74.9 Å². The van der Waals surface area contributed by atoms with E-state index in [4.69, 9.17) is 47.4 Å². The molecule has 0 spiro atoms. The average molecular weight is 979 g/mol. The van der Waals surface area contributed by atoms with Gasteiger partial charge in [0.15, 0.2) is 0 Å². The van der Waals surface area contributed by atoms with Gasteiger partial charge in [-0.2, -0.15) is 21.0 Å². The van der Waals surface area contributed by atoms with Crippen molar-refractivity contribution in [1.82, 2.24) is 15.3 Å². The Bertz CT molecular complexity index is 2860. The van der Waals surface area contributed by atoms with Crippen LogP contribution in [-0.4, -0.2) is 38.2 Å². The molecule has 3 N–H and O–H groups in total. The van der Waals surface area contributed by atoms with Crippen LogP contribution in [0.15, 0.2) is 97.6 Å². The number of carboxylic acid groups (broad SMARTS) is 2. The molecule has 2 atom stereocenters. The molecular weight excluding hydrogens is 934 g/mol. The maximum absolute atomic E-state index is 11.8. The summed E-state index contributed by atoms with van der Waals surface area (Å²) in [5, 5.41) is 59.7. The number of hydrogen-bond donors (Lipinski definition) is 3. The summed E-state index contributed by atoms with van der Waals surface area (Å²) < 4.78 is 25.1. The second kappa shape index (κ2) is 24.7. The largest absolute Gasteiger partial charge is 0.488 e. The van der Waals surface area contributed by atoms with Crippen molar-refractivity contribution in [2.45, 2.75) is 78.5 Å². The van der Waals surface area contributed by atoms with Gasteiger partial charge in [-0.05, 0) is 89.9 Å². The first-order chi connectivity index (χ1) is 33.8. The van der Waals surface area contributed by atoms with Gasteiger partial charge < -0.3 is 29.2 Å². The highest BCUT2D eigenvalue weighted by Gasteiger charge is 2.22. The highest BCUT2D eigenvalue weighted by atomic mass is 35.5. The second-order valence-electron chi connectivity index (χ2n) is 16.1. The van der Waals surface area contributed by atoms with Crippen LogP contribution in [0.4, 0.5) is 0 Å². The molecule has 0 aliphatic heterocycles. The Hall–Kier alpha value is -8.18. The normalized spacial score (nSPS) is 11.5. The van der Waals surface area contributed by atoms with Crippen molar-refractivity contribution in [3.05, 3.63) is 163 Å². The lowest BCUT2D eigenvalue weighted by atomic mass is 9.92. The van der Waals surface area contributed by atoms with Crippen molar-refractivity contribution in [2.24, 2.45) is 5.92 Å². The van der Waals surface area contributed by atoms with E-state index in [1.54, 1.807) is 48.8 Å². The van der Waals surface area contributed by atoms with Gasteiger partial charge in [-0.15, -0.1) is 0 Å². The van der Waals surface area contributed by atoms with Gasteiger partial charge >= 0.3 is 11.9 Å². The minimum atomic E-state index is -1.17. The Labute approximate surface area is 414 Å². The van der Waals surface area contributed by atoms with Crippen LogP contribution < -0.4 is 24.3 Å². The van der Waals surface area contributed by atoms with E-state index in [2.05, 4.69) is 27.4 Å². The first kappa shape index (κ1) is 51.2. The molecule has 0 aliphatic carbocycles. The number of hydrogen-bond acceptors (Lipinski definition) is 13. The number of aryl methyl sites for hydroxylation is 1. The number of carbonyl (C=O) groups is 2. The number of aromatic nitrogens is 2. The SMILES string of the molecule is Cc1c(COc2cc(OCc3cncc(C#N)c3)c(CC[C@@H](CC#N)C(=O)O)cc2Cl)cccc1-c1cccc(COc2cc(OCc3cncc(C#N)c3)c(CN[C@@H](CC#N)C(=O)O)cc2Cl)c1C. The van der Waals surface area contributed by atoms with E-state index < -0.39 is 23.9 Å². The Morgan fingerprint density at radius 3 is 1.57 bits per heavy atom. The van der Waals surface area contributed by atoms with E-state index >= 15 is 0 Å². The molecule has 354 valence electrons. The van der Waals surface area contributed by atoms with Crippen molar-refractivity contribution in [2.75, 3.05) is 0 Å². The Morgan fingerprint density at radius 1 is 0.614 bits per heavy atom. The molecule has 17 heteroatoms. The van der Waals surface area contributed by atoms with Crippen molar-refractivity contribution in [3.8, 4) is 58.4 Å². The first-order valence-electron chi connectivity index (χ1n) is 21.8. The third-order valence-corrected chi connectivity index (χ3v) is 12.0. The minimum Gasteiger partial charge on any atom is -0.488 e. The highest BCUT2D eigenvalue weighted by molar-refractivity contribution is 6.32. The molecule has 2 aromatic heterocycles. The summed E-state index contributed by atoms with van der Waals surface area (Å²) in [7, 11) is 0. The molecule has 0 saturated carbocycles. The second-order valence-corrected chi connectivity index (χ2v) is 16.9. The summed E-state index contributed by atoms with van der Waals surface area (Å²) in [6, 6.07) is 28.5. The fourth-order valence-electron chi connectivity index (χ4n) is 7.45. The van der Waals surface area contributed by atoms with Gasteiger partial charge in [0.2, 0.25) is 0 Å². The number of aliphatic carboxylic acids is 2. The van der Waals surface area contributed by atoms with Crippen LogP contribution in [0.25, 0.3) is 11.1 Å². The Balaban J connectivity index is 1.21. The van der Waals surface area contributed by atoms with Crippen molar-refractivity contribution in [3.63, 3.8) is 0 Å². The first-order valence-corrected chi connectivity index (χ1v) is 22.5. The van der Waals surface area contributed by atoms with Gasteiger partial charge in [0, 0.05) is 66.6 Å². The lowest BCUT2D eigenvalue weighted by Gasteiger charge is -2.19. The predicted molar refractivity (Wildman–Crippen MR) is 258 cm³/mol. The number of ether oxygens (including phenoxy) is 4. The zero-order valence-electron chi connectivity index (χ0n) is 38.0. The van der Waals surface area contributed by atoms with Crippen LogP contribution in [-0.2, 0) is 49.0 Å². The van der Waals surface area contributed by atoms with E-state index in [1.165, 1.54) is 12.4 Å². The van der Waals surface area contributed by atoms with Gasteiger partial charge in [0.1, 0.15) is 67.6 Å². The van der Waals surface area contributed by atoms with Gasteiger partial charge in [0.25, 0.3) is 0 Å². The van der Waals surface area contributed by atoms with Gasteiger partial charge in [-0.3, -0.25) is 24.9 Å². The van der Waals surface area contributed by atoms with E-state index in [9.17, 15) is 35.6 Å². The maximum atomic E-state index is 11.8. The fourth-order valence-corrected chi connectivity index (χ4v) is 7.93. The molecule has 0 radical (unpaired) electrons. The third kappa shape index (κ3) is 13.5. The van der Waals surface area contributed by atoms with Crippen LogP contribution in [0, 0.1) is 65.1 Å². The number of halogens is 2. The lowest BCUT2D eigenvalue weighted by Crippen LogP contribution is -2.35. The zero-order valence-corrected chi connectivity index (χ0v) is 39.6. The molecule has 6 rings (SSSR count). The van der Waals surface area contributed by atoms with E-state index in [-0.39, 0.29) is 68.7 Å². The molecule has 15 nitrogen and oxygen atoms in total. The van der Waals surface area contributed by atoms with Crippen LogP contribution >= 0.6 is 23.2 Å². The summed E-state index contributed by atoms with van der Waals surface area (Å²) in [4.78, 5) is 31.8. The van der Waals surface area contributed by atoms with Crippen molar-refractivity contribution in [1.29, 1.82) is 21.0 Å². The highest BCUT2D eigenvalue weighted by Crippen LogP contribution is 2.38. The molecular formula is C53H45Cl2N7O8. The number of rotatable bonds is 23. The average Bonchev–Trinajstić information content (AvgIpc) is 3.35. The molecule has 0 unspecified atom stereocenters. The Kier molecular flexibility index (Phi) is 18.1. The number of pyridine rings is 2. The molecule has 70 heavy (non-hydrogen) atoms. The molecule has 0 bridgehead atoms. The molecule has 0 amide bonds. The number of nitriles is 4. The molecule has 6 aromatic rings. The summed E-state index contributed by atoms with van der Waals surface area (Å²) in [6.45, 7) is 4.39. The van der Waals surface area contributed by atoms with Gasteiger partial charge in [0.05, 0.1) is 45.6 Å². The number of nitrogens with one attached hydrogen (secondary N) is 1. The number of nitrogens with zero attached hydrogens (tertiary/aromatic N) is 6. The maximum Gasteiger partial charge on any atom is 0.321 e. The lowest BCUT2D eigenvalue weighted by molar-refractivity contribution is -0.142. The molecule has 4 aromatic carbocycles. The smallest absolute Gasteiger partial charge is 0.321 e. The summed E-state index contributed by atoms with van der Waals surface area (Å²) in [5.74, 6) is -1.72. The molecule has 0 fully saturated rings. The van der Waals surface area contributed by atoms with Gasteiger partial charge in [-0.25, -0.2) is 0 Å². The monoisotopic (exact) mass is 977 g/mol. The van der Waals surface area contributed by atoms with Gasteiger partial charge in [-0.1, -0.05) is 59.6 Å².